The first kappa shape index (κ1) is 17.9. The Hall–Kier alpha value is -2.41. The lowest BCUT2D eigenvalue weighted by Gasteiger charge is -2.13. The van der Waals surface area contributed by atoms with Crippen molar-refractivity contribution >= 4 is 17.6 Å². The molecule has 0 bridgehead atoms. The van der Waals surface area contributed by atoms with Crippen molar-refractivity contribution in [2.24, 2.45) is 0 Å². The van der Waals surface area contributed by atoms with Gasteiger partial charge in [-0.05, 0) is 36.8 Å². The molecule has 128 valence electrons. The summed E-state index contributed by atoms with van der Waals surface area (Å²) < 4.78 is 39.2. The van der Waals surface area contributed by atoms with E-state index in [2.05, 4.69) is 9.72 Å². The number of methoxy groups -OCH3 is 1. The molecule has 24 heavy (non-hydrogen) atoms. The lowest BCUT2D eigenvalue weighted by molar-refractivity contribution is -0.0511. The predicted molar refractivity (Wildman–Crippen MR) is 82.7 cm³/mol. The Morgan fingerprint density at radius 1 is 1.33 bits per heavy atom. The number of nitrogens with zero attached hydrogens (tertiary/aromatic N) is 1. The molecule has 2 rings (SSSR count). The summed E-state index contributed by atoms with van der Waals surface area (Å²) in [5.74, 6) is -0.867. The molecule has 0 aliphatic heterocycles. The Bertz CT molecular complexity index is 740. The van der Waals surface area contributed by atoms with Crippen molar-refractivity contribution in [2.45, 2.75) is 20.1 Å². The number of rotatable bonds is 6. The van der Waals surface area contributed by atoms with Crippen LogP contribution in [0, 0.1) is 6.92 Å². The van der Waals surface area contributed by atoms with Crippen LogP contribution in [0.3, 0.4) is 0 Å². The van der Waals surface area contributed by atoms with Gasteiger partial charge in [-0.2, -0.15) is 8.78 Å². The zero-order valence-electron chi connectivity index (χ0n) is 12.9. The van der Waals surface area contributed by atoms with E-state index < -0.39 is 12.6 Å². The molecule has 0 saturated heterocycles. The van der Waals surface area contributed by atoms with Gasteiger partial charge in [0.15, 0.2) is 11.5 Å². The third-order valence-corrected chi connectivity index (χ3v) is 3.24. The van der Waals surface area contributed by atoms with Crippen LogP contribution >= 0.6 is 11.6 Å². The molecule has 0 atom stereocenters. The summed E-state index contributed by atoms with van der Waals surface area (Å²) in [6.07, 6.45) is 0. The van der Waals surface area contributed by atoms with E-state index in [1.54, 1.807) is 19.1 Å². The van der Waals surface area contributed by atoms with Crippen molar-refractivity contribution in [1.29, 1.82) is 0 Å². The summed E-state index contributed by atoms with van der Waals surface area (Å²) in [7, 11) is 1.29. The highest BCUT2D eigenvalue weighted by molar-refractivity contribution is 6.32. The molecule has 0 spiro atoms. The lowest BCUT2D eigenvalue weighted by Crippen LogP contribution is -2.08. The zero-order valence-corrected chi connectivity index (χ0v) is 13.6. The molecule has 8 heteroatoms. The van der Waals surface area contributed by atoms with Crippen molar-refractivity contribution in [3.8, 4) is 11.5 Å². The summed E-state index contributed by atoms with van der Waals surface area (Å²) in [6.45, 7) is -1.41. The molecule has 0 radical (unpaired) electrons. The van der Waals surface area contributed by atoms with Gasteiger partial charge in [0, 0.05) is 5.69 Å². The molecule has 0 N–H and O–H groups in total. The molecule has 1 aromatic carbocycles. The van der Waals surface area contributed by atoms with Gasteiger partial charge in [0.05, 0.1) is 12.1 Å². The number of alkyl halides is 2. The standard InChI is InChI=1S/C16H14ClF2NO4/c1-9-4-3-5-12(20-9)15(21)23-8-10-6-11(17)14(24-16(18)19)13(7-10)22-2/h3-7,16H,8H2,1-2H3. The van der Waals surface area contributed by atoms with Crippen LogP contribution in [0.15, 0.2) is 30.3 Å². The van der Waals surface area contributed by atoms with Gasteiger partial charge in [0.2, 0.25) is 0 Å². The number of carbonyl (C=O) groups is 1. The van der Waals surface area contributed by atoms with Crippen molar-refractivity contribution in [3.05, 3.63) is 52.3 Å². The maximum Gasteiger partial charge on any atom is 0.387 e. The van der Waals surface area contributed by atoms with E-state index in [0.29, 0.717) is 11.3 Å². The first-order chi connectivity index (χ1) is 11.4. The Balaban J connectivity index is 2.12. The van der Waals surface area contributed by atoms with Crippen LogP contribution < -0.4 is 9.47 Å². The van der Waals surface area contributed by atoms with Crippen molar-refractivity contribution in [1.82, 2.24) is 4.98 Å². The Labute approximate surface area is 142 Å². The topological polar surface area (TPSA) is 57.7 Å². The molecule has 0 saturated carbocycles. The second-order valence-corrected chi connectivity index (χ2v) is 5.14. The first-order valence-corrected chi connectivity index (χ1v) is 7.20. The third kappa shape index (κ3) is 4.55. The SMILES string of the molecule is COc1cc(COC(=O)c2cccc(C)n2)cc(Cl)c1OC(F)F. The summed E-state index contributed by atoms with van der Waals surface area (Å²) in [4.78, 5) is 16.0. The monoisotopic (exact) mass is 357 g/mol. The van der Waals surface area contributed by atoms with Gasteiger partial charge in [0.1, 0.15) is 12.3 Å². The molecule has 5 nitrogen and oxygen atoms in total. The fraction of sp³-hybridized carbons (Fsp3) is 0.250. The largest absolute Gasteiger partial charge is 0.493 e. The Morgan fingerprint density at radius 3 is 2.71 bits per heavy atom. The molecule has 0 unspecified atom stereocenters. The molecule has 0 aliphatic rings. The van der Waals surface area contributed by atoms with E-state index in [9.17, 15) is 13.6 Å². The number of esters is 1. The van der Waals surface area contributed by atoms with Crippen LogP contribution in [0.25, 0.3) is 0 Å². The second kappa shape index (κ2) is 7.92. The summed E-state index contributed by atoms with van der Waals surface area (Å²) in [5, 5.41) is -0.0746. The van der Waals surface area contributed by atoms with E-state index in [1.807, 2.05) is 0 Å². The first-order valence-electron chi connectivity index (χ1n) is 6.82. The van der Waals surface area contributed by atoms with Gasteiger partial charge in [-0.1, -0.05) is 17.7 Å². The average Bonchev–Trinajstić information content (AvgIpc) is 2.54. The van der Waals surface area contributed by atoms with Crippen LogP contribution in [0.5, 0.6) is 11.5 Å². The lowest BCUT2D eigenvalue weighted by atomic mass is 10.2. The van der Waals surface area contributed by atoms with Crippen LogP contribution in [0.2, 0.25) is 5.02 Å². The van der Waals surface area contributed by atoms with Gasteiger partial charge in [-0.25, -0.2) is 9.78 Å². The van der Waals surface area contributed by atoms with Crippen molar-refractivity contribution in [2.75, 3.05) is 7.11 Å². The van der Waals surface area contributed by atoms with Crippen LogP contribution in [-0.2, 0) is 11.3 Å². The van der Waals surface area contributed by atoms with E-state index >= 15 is 0 Å². The minimum atomic E-state index is -3.03. The number of pyridine rings is 1. The Morgan fingerprint density at radius 2 is 2.08 bits per heavy atom. The molecule has 0 amide bonds. The number of benzene rings is 1. The summed E-state index contributed by atoms with van der Waals surface area (Å²) in [5.41, 5.74) is 1.31. The van der Waals surface area contributed by atoms with Gasteiger partial charge in [0.25, 0.3) is 0 Å². The average molecular weight is 358 g/mol. The Kier molecular flexibility index (Phi) is 5.92. The minimum Gasteiger partial charge on any atom is -0.493 e. The number of aryl methyl sites for hydroxylation is 1. The molecular weight excluding hydrogens is 344 g/mol. The normalized spacial score (nSPS) is 10.6. The smallest absolute Gasteiger partial charge is 0.387 e. The minimum absolute atomic E-state index is 0.0162. The number of aromatic nitrogens is 1. The van der Waals surface area contributed by atoms with E-state index in [-0.39, 0.29) is 28.8 Å². The number of carbonyl (C=O) groups excluding carboxylic acids is 1. The van der Waals surface area contributed by atoms with Crippen molar-refractivity contribution in [3.63, 3.8) is 0 Å². The second-order valence-electron chi connectivity index (χ2n) is 4.73. The van der Waals surface area contributed by atoms with Crippen LogP contribution in [-0.4, -0.2) is 24.7 Å². The highest BCUT2D eigenvalue weighted by Gasteiger charge is 2.17. The van der Waals surface area contributed by atoms with E-state index in [0.717, 1.165) is 0 Å². The van der Waals surface area contributed by atoms with Crippen molar-refractivity contribution < 1.29 is 27.8 Å². The molecule has 0 aliphatic carbocycles. The highest BCUT2D eigenvalue weighted by atomic mass is 35.5. The fourth-order valence-electron chi connectivity index (χ4n) is 1.94. The quantitative estimate of drug-likeness (QED) is 0.731. The number of hydrogen-bond donors (Lipinski definition) is 0. The number of ether oxygens (including phenoxy) is 3. The maximum absolute atomic E-state index is 12.4. The van der Waals surface area contributed by atoms with Gasteiger partial charge in [-0.15, -0.1) is 0 Å². The predicted octanol–water partition coefficient (Wildman–Crippen LogP) is 4.01. The van der Waals surface area contributed by atoms with Crippen LogP contribution in [0.4, 0.5) is 8.78 Å². The van der Waals surface area contributed by atoms with Crippen LogP contribution in [0.1, 0.15) is 21.7 Å². The molecule has 1 heterocycles. The van der Waals surface area contributed by atoms with Gasteiger partial charge < -0.3 is 14.2 Å². The third-order valence-electron chi connectivity index (χ3n) is 2.96. The molecule has 0 fully saturated rings. The fourth-order valence-corrected chi connectivity index (χ4v) is 2.22. The zero-order chi connectivity index (χ0) is 17.7. The molecule has 2 aromatic rings. The maximum atomic E-state index is 12.4. The summed E-state index contributed by atoms with van der Waals surface area (Å²) >= 11 is 5.92. The number of halogens is 3. The van der Waals surface area contributed by atoms with Gasteiger partial charge >= 0.3 is 12.6 Å². The molecular formula is C16H14ClF2NO4. The molecule has 1 aromatic heterocycles. The number of hydrogen-bond acceptors (Lipinski definition) is 5. The summed E-state index contributed by atoms with van der Waals surface area (Å²) in [6, 6.07) is 7.74. The highest BCUT2D eigenvalue weighted by Crippen LogP contribution is 2.37. The van der Waals surface area contributed by atoms with E-state index in [1.165, 1.54) is 25.3 Å². The van der Waals surface area contributed by atoms with E-state index in [4.69, 9.17) is 21.1 Å². The van der Waals surface area contributed by atoms with Gasteiger partial charge in [-0.3, -0.25) is 0 Å².